The minimum Gasteiger partial charge on any atom is -0.368 e. The number of unbranched alkanes of at least 4 members (excludes halogenated alkanes) is 8. The van der Waals surface area contributed by atoms with Crippen LogP contribution in [0.2, 0.25) is 0 Å². The van der Waals surface area contributed by atoms with Gasteiger partial charge in [0.2, 0.25) is 5.60 Å². The molecular weight excluding hydrogens is 282 g/mol. The topological polar surface area (TPSA) is 78.9 Å². The van der Waals surface area contributed by atoms with E-state index in [1.54, 1.807) is 0 Å². The standard InChI is InChI=1S/C17H29NO4/c1-3-4-5-6-7-8-9-10-11-12-13(19)17-14(22-17)16(2,21)18-15(17)20/h14,21H,3-12H2,1-2H3,(H,18,20)/t14-,16?,17-/m0/s1. The van der Waals surface area contributed by atoms with Crippen LogP contribution in [-0.2, 0) is 14.3 Å². The molecular formula is C17H29NO4. The third kappa shape index (κ3) is 3.51. The molecule has 5 nitrogen and oxygen atoms in total. The van der Waals surface area contributed by atoms with E-state index in [4.69, 9.17) is 4.74 Å². The van der Waals surface area contributed by atoms with Gasteiger partial charge in [0.15, 0.2) is 17.6 Å². The highest BCUT2D eigenvalue weighted by molar-refractivity contribution is 6.15. The number of ketones is 1. The first kappa shape index (κ1) is 17.4. The molecule has 0 saturated carbocycles. The summed E-state index contributed by atoms with van der Waals surface area (Å²) in [6, 6.07) is 0. The van der Waals surface area contributed by atoms with Crippen molar-refractivity contribution in [2.24, 2.45) is 0 Å². The van der Waals surface area contributed by atoms with Gasteiger partial charge < -0.3 is 15.2 Å². The summed E-state index contributed by atoms with van der Waals surface area (Å²) in [4.78, 5) is 24.1. The third-order valence-corrected chi connectivity index (χ3v) is 4.75. The molecule has 1 unspecified atom stereocenters. The maximum absolute atomic E-state index is 12.2. The molecule has 0 aromatic rings. The van der Waals surface area contributed by atoms with Gasteiger partial charge in [-0.25, -0.2) is 0 Å². The van der Waals surface area contributed by atoms with Crippen molar-refractivity contribution in [3.05, 3.63) is 0 Å². The predicted octanol–water partition coefficient (Wildman–Crippen LogP) is 2.45. The van der Waals surface area contributed by atoms with Crippen LogP contribution in [0.3, 0.4) is 0 Å². The van der Waals surface area contributed by atoms with Crippen LogP contribution in [0.1, 0.15) is 78.1 Å². The number of amides is 1. The first-order valence-electron chi connectivity index (χ1n) is 8.71. The van der Waals surface area contributed by atoms with Gasteiger partial charge in [-0.1, -0.05) is 58.3 Å². The minimum absolute atomic E-state index is 0.185. The number of morpholine rings is 1. The van der Waals surface area contributed by atoms with Crippen LogP contribution in [0.5, 0.6) is 0 Å². The molecule has 5 heteroatoms. The fourth-order valence-corrected chi connectivity index (χ4v) is 3.34. The predicted molar refractivity (Wildman–Crippen MR) is 83.2 cm³/mol. The fraction of sp³-hybridized carbons (Fsp3) is 0.882. The molecule has 3 atom stereocenters. The Morgan fingerprint density at radius 2 is 1.68 bits per heavy atom. The van der Waals surface area contributed by atoms with Gasteiger partial charge in [-0.2, -0.15) is 0 Å². The van der Waals surface area contributed by atoms with Crippen molar-refractivity contribution < 1.29 is 19.4 Å². The quantitative estimate of drug-likeness (QED) is 0.349. The Labute approximate surface area is 132 Å². The van der Waals surface area contributed by atoms with E-state index in [-0.39, 0.29) is 5.78 Å². The molecule has 2 aliphatic rings. The number of ether oxygens (including phenoxy) is 1. The molecule has 2 fully saturated rings. The van der Waals surface area contributed by atoms with Gasteiger partial charge in [0.05, 0.1) is 0 Å². The molecule has 0 spiro atoms. The largest absolute Gasteiger partial charge is 0.368 e. The molecule has 0 aromatic carbocycles. The van der Waals surface area contributed by atoms with Crippen LogP contribution in [0, 0.1) is 0 Å². The number of aliphatic hydroxyl groups is 1. The SMILES string of the molecule is CCCCCCCCCCCC(=O)[C@]12O[C@H]1C(C)(O)NC2=O. The molecule has 2 saturated heterocycles. The number of fused-ring (bicyclic) bond motifs is 1. The Hall–Kier alpha value is -0.940. The number of Topliss-reactive ketones (excluding diaryl/α,β-unsaturated/α-hetero) is 1. The normalized spacial score (nSPS) is 32.7. The maximum Gasteiger partial charge on any atom is 0.265 e. The monoisotopic (exact) mass is 311 g/mol. The van der Waals surface area contributed by atoms with Crippen molar-refractivity contribution in [1.82, 2.24) is 5.32 Å². The lowest BCUT2D eigenvalue weighted by atomic mass is 9.94. The highest BCUT2D eigenvalue weighted by Gasteiger charge is 2.78. The van der Waals surface area contributed by atoms with Crippen LogP contribution in [0.15, 0.2) is 0 Å². The van der Waals surface area contributed by atoms with Crippen LogP contribution in [0.4, 0.5) is 0 Å². The van der Waals surface area contributed by atoms with E-state index in [2.05, 4.69) is 12.2 Å². The second kappa shape index (κ2) is 7.09. The number of hydrogen-bond acceptors (Lipinski definition) is 4. The van der Waals surface area contributed by atoms with Crippen LogP contribution < -0.4 is 5.32 Å². The molecule has 126 valence electrons. The maximum atomic E-state index is 12.2. The highest BCUT2D eigenvalue weighted by atomic mass is 16.6. The summed E-state index contributed by atoms with van der Waals surface area (Å²) < 4.78 is 5.25. The van der Waals surface area contributed by atoms with Gasteiger partial charge >= 0.3 is 0 Å². The molecule has 2 N–H and O–H groups in total. The molecule has 0 bridgehead atoms. The summed E-state index contributed by atoms with van der Waals surface area (Å²) in [5.41, 5.74) is -2.80. The van der Waals surface area contributed by atoms with Gasteiger partial charge in [-0.15, -0.1) is 0 Å². The van der Waals surface area contributed by atoms with E-state index in [1.165, 1.54) is 45.4 Å². The number of carbonyl (C=O) groups excluding carboxylic acids is 2. The van der Waals surface area contributed by atoms with Crippen molar-refractivity contribution >= 4 is 11.7 Å². The molecule has 1 amide bonds. The second-order valence-electron chi connectivity index (χ2n) is 6.84. The summed E-state index contributed by atoms with van der Waals surface area (Å²) in [6.07, 6.45) is 10.3. The van der Waals surface area contributed by atoms with Gasteiger partial charge in [-0.05, 0) is 13.3 Å². The Balaban J connectivity index is 1.57. The Morgan fingerprint density at radius 3 is 2.14 bits per heavy atom. The lowest BCUT2D eigenvalue weighted by Crippen LogP contribution is -2.45. The van der Waals surface area contributed by atoms with Crippen molar-refractivity contribution in [2.45, 2.75) is 95.5 Å². The summed E-state index contributed by atoms with van der Waals surface area (Å²) in [7, 11) is 0. The molecule has 0 aliphatic carbocycles. The highest BCUT2D eigenvalue weighted by Crippen LogP contribution is 2.49. The Bertz CT molecular complexity index is 421. The first-order chi connectivity index (χ1) is 10.4. The van der Waals surface area contributed by atoms with E-state index in [1.807, 2.05) is 0 Å². The van der Waals surface area contributed by atoms with Crippen molar-refractivity contribution in [3.63, 3.8) is 0 Å². The van der Waals surface area contributed by atoms with E-state index in [0.29, 0.717) is 6.42 Å². The van der Waals surface area contributed by atoms with E-state index < -0.39 is 23.3 Å². The van der Waals surface area contributed by atoms with Crippen molar-refractivity contribution in [2.75, 3.05) is 0 Å². The Morgan fingerprint density at radius 1 is 1.14 bits per heavy atom. The first-order valence-corrected chi connectivity index (χ1v) is 8.71. The van der Waals surface area contributed by atoms with E-state index >= 15 is 0 Å². The molecule has 0 aromatic heterocycles. The number of nitrogens with one attached hydrogen (secondary N) is 1. The number of carbonyl (C=O) groups is 2. The zero-order valence-corrected chi connectivity index (χ0v) is 13.8. The van der Waals surface area contributed by atoms with Crippen LogP contribution in [0.25, 0.3) is 0 Å². The summed E-state index contributed by atoms with van der Waals surface area (Å²) in [5.74, 6) is -0.667. The average Bonchev–Trinajstić information content (AvgIpc) is 3.18. The van der Waals surface area contributed by atoms with Crippen molar-refractivity contribution in [1.29, 1.82) is 0 Å². The molecule has 22 heavy (non-hydrogen) atoms. The smallest absolute Gasteiger partial charge is 0.265 e. The zero-order chi connectivity index (χ0) is 16.2. The van der Waals surface area contributed by atoms with Crippen LogP contribution >= 0.6 is 0 Å². The van der Waals surface area contributed by atoms with Gasteiger partial charge in [0.1, 0.15) is 0 Å². The molecule has 2 rings (SSSR count). The average molecular weight is 311 g/mol. The van der Waals surface area contributed by atoms with Gasteiger partial charge in [0, 0.05) is 6.42 Å². The zero-order valence-electron chi connectivity index (χ0n) is 13.8. The number of rotatable bonds is 11. The summed E-state index contributed by atoms with van der Waals surface area (Å²) in [6.45, 7) is 3.69. The van der Waals surface area contributed by atoms with E-state index in [0.717, 1.165) is 19.3 Å². The summed E-state index contributed by atoms with van der Waals surface area (Å²) >= 11 is 0. The Kier molecular flexibility index (Phi) is 5.61. The number of hydrogen-bond donors (Lipinski definition) is 2. The van der Waals surface area contributed by atoms with Gasteiger partial charge in [0.25, 0.3) is 5.91 Å². The van der Waals surface area contributed by atoms with E-state index in [9.17, 15) is 14.7 Å². The number of epoxide rings is 1. The molecule has 2 aliphatic heterocycles. The lowest BCUT2D eigenvalue weighted by Gasteiger charge is -2.16. The van der Waals surface area contributed by atoms with Gasteiger partial charge in [-0.3, -0.25) is 9.59 Å². The fourth-order valence-electron chi connectivity index (χ4n) is 3.34. The molecule has 0 radical (unpaired) electrons. The minimum atomic E-state index is -1.41. The second-order valence-corrected chi connectivity index (χ2v) is 6.84. The van der Waals surface area contributed by atoms with Crippen LogP contribution in [-0.4, -0.2) is 34.2 Å². The van der Waals surface area contributed by atoms with Crippen molar-refractivity contribution in [3.8, 4) is 0 Å². The molecule has 2 heterocycles. The lowest BCUT2D eigenvalue weighted by molar-refractivity contribution is -0.138. The third-order valence-electron chi connectivity index (χ3n) is 4.75. The summed E-state index contributed by atoms with van der Waals surface area (Å²) in [5, 5.41) is 12.3.